The van der Waals surface area contributed by atoms with Gasteiger partial charge in [0.1, 0.15) is 0 Å². The Labute approximate surface area is 135 Å². The number of hydrogen-bond acceptors (Lipinski definition) is 4. The van der Waals surface area contributed by atoms with Crippen LogP contribution in [0, 0.1) is 6.92 Å². The third-order valence-corrected chi connectivity index (χ3v) is 4.29. The molecule has 0 saturated carbocycles. The van der Waals surface area contributed by atoms with Crippen LogP contribution in [0.15, 0.2) is 6.20 Å². The van der Waals surface area contributed by atoms with Gasteiger partial charge in [-0.1, -0.05) is 0 Å². The Morgan fingerprint density at radius 3 is 3.00 bits per heavy atom. The normalized spacial score (nSPS) is 20.3. The number of nitrogens with zero attached hydrogens (tertiary/aromatic N) is 2. The molecule has 0 spiro atoms. The summed E-state index contributed by atoms with van der Waals surface area (Å²) in [5.41, 5.74) is 4.68. The summed E-state index contributed by atoms with van der Waals surface area (Å²) in [6.45, 7) is 6.61. The molecule has 1 aliphatic heterocycles. The first-order chi connectivity index (χ1) is 11.1. The van der Waals surface area contributed by atoms with Crippen LogP contribution in [0.2, 0.25) is 0 Å². The van der Waals surface area contributed by atoms with Crippen LogP contribution in [-0.2, 0) is 17.6 Å². The highest BCUT2D eigenvalue weighted by Gasteiger charge is 2.29. The maximum Gasteiger partial charge on any atom is 0.272 e. The van der Waals surface area contributed by atoms with E-state index in [1.165, 1.54) is 5.56 Å². The second-order valence-corrected chi connectivity index (χ2v) is 6.14. The third-order valence-electron chi connectivity index (χ3n) is 4.29. The summed E-state index contributed by atoms with van der Waals surface area (Å²) in [6.07, 6.45) is 4.37. The first-order valence-corrected chi connectivity index (χ1v) is 8.06. The molecule has 0 aliphatic carbocycles. The van der Waals surface area contributed by atoms with Crippen LogP contribution in [0.3, 0.4) is 0 Å². The van der Waals surface area contributed by atoms with Gasteiger partial charge in [-0.05, 0) is 39.2 Å². The van der Waals surface area contributed by atoms with Crippen molar-refractivity contribution in [1.29, 1.82) is 0 Å². The largest absolute Gasteiger partial charge is 0.369 e. The molecule has 0 saturated heterocycles. The summed E-state index contributed by atoms with van der Waals surface area (Å²) in [5, 5.41) is 17.0. The molecule has 0 radical (unpaired) electrons. The summed E-state index contributed by atoms with van der Waals surface area (Å²) in [4.78, 5) is 12.4. The van der Waals surface area contributed by atoms with Gasteiger partial charge >= 0.3 is 0 Å². The number of hydrogen-bond donors (Lipinski definition) is 3. The third kappa shape index (κ3) is 3.29. The Balaban J connectivity index is 1.56. The molecule has 0 bridgehead atoms. The average Bonchev–Trinajstić information content (AvgIpc) is 3.10. The Hall–Kier alpha value is -2.15. The van der Waals surface area contributed by atoms with Gasteiger partial charge < -0.3 is 10.1 Å². The molecule has 2 aromatic heterocycles. The van der Waals surface area contributed by atoms with Crippen LogP contribution in [0.1, 0.15) is 59.4 Å². The summed E-state index contributed by atoms with van der Waals surface area (Å²) >= 11 is 0. The van der Waals surface area contributed by atoms with Crippen molar-refractivity contribution in [3.8, 4) is 0 Å². The van der Waals surface area contributed by atoms with E-state index in [0.29, 0.717) is 18.7 Å². The zero-order valence-electron chi connectivity index (χ0n) is 13.8. The fourth-order valence-electron chi connectivity index (χ4n) is 3.05. The van der Waals surface area contributed by atoms with Gasteiger partial charge in [0.2, 0.25) is 0 Å². The van der Waals surface area contributed by atoms with Gasteiger partial charge in [0.15, 0.2) is 5.69 Å². The van der Waals surface area contributed by atoms with Crippen molar-refractivity contribution in [3.05, 3.63) is 34.4 Å². The zero-order valence-corrected chi connectivity index (χ0v) is 13.8. The topological polar surface area (TPSA) is 95.7 Å². The number of aryl methyl sites for hydroxylation is 2. The molecule has 7 nitrogen and oxygen atoms in total. The first-order valence-electron chi connectivity index (χ1n) is 8.06. The molecular formula is C16H23N5O2. The number of aromatic nitrogens is 4. The van der Waals surface area contributed by atoms with E-state index in [-0.39, 0.29) is 18.1 Å². The van der Waals surface area contributed by atoms with E-state index in [2.05, 4.69) is 25.7 Å². The van der Waals surface area contributed by atoms with E-state index in [1.807, 2.05) is 27.0 Å². The SMILES string of the molecule is Cc1[nH]ncc1CCCNC(=O)c1n[nH]c2c1C[C@@H](C)O[C@H]2C. The number of rotatable bonds is 5. The Morgan fingerprint density at radius 2 is 2.26 bits per heavy atom. The predicted octanol–water partition coefficient (Wildman–Crippen LogP) is 1.83. The molecule has 2 aromatic rings. The van der Waals surface area contributed by atoms with Crippen LogP contribution in [0.5, 0.6) is 0 Å². The fraction of sp³-hybridized carbons (Fsp3) is 0.562. The van der Waals surface area contributed by atoms with E-state index < -0.39 is 0 Å². The summed E-state index contributed by atoms with van der Waals surface area (Å²) in [7, 11) is 0. The second kappa shape index (κ2) is 6.54. The van der Waals surface area contributed by atoms with Crippen LogP contribution in [0.4, 0.5) is 0 Å². The van der Waals surface area contributed by atoms with E-state index in [0.717, 1.165) is 29.8 Å². The predicted molar refractivity (Wildman–Crippen MR) is 85.2 cm³/mol. The highest BCUT2D eigenvalue weighted by Crippen LogP contribution is 2.29. The molecule has 0 fully saturated rings. The summed E-state index contributed by atoms with van der Waals surface area (Å²) < 4.78 is 5.74. The van der Waals surface area contributed by atoms with Gasteiger partial charge in [0, 0.05) is 24.2 Å². The van der Waals surface area contributed by atoms with Gasteiger partial charge in [-0.15, -0.1) is 0 Å². The van der Waals surface area contributed by atoms with Crippen LogP contribution in [0.25, 0.3) is 0 Å². The number of amides is 1. The Morgan fingerprint density at radius 1 is 1.43 bits per heavy atom. The Kier molecular flexibility index (Phi) is 4.47. The van der Waals surface area contributed by atoms with Crippen molar-refractivity contribution in [2.45, 2.75) is 52.2 Å². The molecule has 1 aliphatic rings. The minimum absolute atomic E-state index is 0.0492. The molecule has 23 heavy (non-hydrogen) atoms. The minimum Gasteiger partial charge on any atom is -0.369 e. The quantitative estimate of drug-likeness (QED) is 0.733. The average molecular weight is 317 g/mol. The number of aromatic amines is 2. The van der Waals surface area contributed by atoms with Gasteiger partial charge in [-0.3, -0.25) is 15.0 Å². The van der Waals surface area contributed by atoms with E-state index in [4.69, 9.17) is 4.74 Å². The van der Waals surface area contributed by atoms with E-state index >= 15 is 0 Å². The Bertz CT molecular complexity index is 690. The van der Waals surface area contributed by atoms with Crippen molar-refractivity contribution >= 4 is 5.91 Å². The highest BCUT2D eigenvalue weighted by molar-refractivity contribution is 5.94. The van der Waals surface area contributed by atoms with Gasteiger partial charge in [0.25, 0.3) is 5.91 Å². The lowest BCUT2D eigenvalue weighted by Gasteiger charge is -2.25. The molecule has 7 heteroatoms. The highest BCUT2D eigenvalue weighted by atomic mass is 16.5. The van der Waals surface area contributed by atoms with E-state index in [1.54, 1.807) is 0 Å². The lowest BCUT2D eigenvalue weighted by molar-refractivity contribution is -0.00697. The molecule has 0 aromatic carbocycles. The van der Waals surface area contributed by atoms with Gasteiger partial charge in [-0.25, -0.2) is 0 Å². The standard InChI is InChI=1S/C16H23N5O2/c1-9-7-13-14(11(3)23-9)20-21-15(13)16(22)17-6-4-5-12-8-18-19-10(12)2/h8-9,11H,4-7H2,1-3H3,(H,17,22)(H,18,19)(H,20,21)/t9-,11+/m1/s1. The number of carbonyl (C=O) groups is 1. The second-order valence-electron chi connectivity index (χ2n) is 6.14. The lowest BCUT2D eigenvalue weighted by Crippen LogP contribution is -2.28. The number of fused-ring (bicyclic) bond motifs is 1. The summed E-state index contributed by atoms with van der Waals surface area (Å²) in [5.74, 6) is -0.118. The van der Waals surface area contributed by atoms with Crippen molar-refractivity contribution < 1.29 is 9.53 Å². The van der Waals surface area contributed by atoms with Crippen LogP contribution in [-0.4, -0.2) is 39.0 Å². The molecule has 0 unspecified atom stereocenters. The van der Waals surface area contributed by atoms with E-state index in [9.17, 15) is 4.79 Å². The molecule has 1 amide bonds. The van der Waals surface area contributed by atoms with Crippen molar-refractivity contribution in [2.75, 3.05) is 6.54 Å². The minimum atomic E-state index is -0.118. The van der Waals surface area contributed by atoms with Crippen molar-refractivity contribution in [2.24, 2.45) is 0 Å². The molecule has 3 heterocycles. The number of ether oxygens (including phenoxy) is 1. The van der Waals surface area contributed by atoms with Crippen molar-refractivity contribution in [3.63, 3.8) is 0 Å². The summed E-state index contributed by atoms with van der Waals surface area (Å²) in [6, 6.07) is 0. The van der Waals surface area contributed by atoms with Crippen LogP contribution >= 0.6 is 0 Å². The van der Waals surface area contributed by atoms with Gasteiger partial charge in [-0.2, -0.15) is 10.2 Å². The molecule has 124 valence electrons. The molecule has 2 atom stereocenters. The number of carbonyl (C=O) groups excluding carboxylic acids is 1. The lowest BCUT2D eigenvalue weighted by atomic mass is 9.99. The maximum absolute atomic E-state index is 12.4. The first kappa shape index (κ1) is 15.7. The smallest absolute Gasteiger partial charge is 0.272 e. The number of H-pyrrole nitrogens is 2. The fourth-order valence-corrected chi connectivity index (χ4v) is 3.05. The molecule has 3 N–H and O–H groups in total. The van der Waals surface area contributed by atoms with Gasteiger partial charge in [0.05, 0.1) is 24.1 Å². The number of nitrogens with one attached hydrogen (secondary N) is 3. The zero-order chi connectivity index (χ0) is 16.4. The van der Waals surface area contributed by atoms with Crippen LogP contribution < -0.4 is 5.32 Å². The molecular weight excluding hydrogens is 294 g/mol. The van der Waals surface area contributed by atoms with Crippen molar-refractivity contribution in [1.82, 2.24) is 25.7 Å². The monoisotopic (exact) mass is 317 g/mol. The molecule has 3 rings (SSSR count). The maximum atomic E-state index is 12.4.